The molecule has 0 saturated carbocycles. The molecule has 0 N–H and O–H groups in total. The topological polar surface area (TPSA) is 57.7 Å². The number of fused-ring (bicyclic) bond motifs is 1. The van der Waals surface area contributed by atoms with Gasteiger partial charge in [-0.3, -0.25) is 4.79 Å². The first-order valence-corrected chi connectivity index (χ1v) is 10.8. The van der Waals surface area contributed by atoms with Crippen LogP contribution in [0.5, 0.6) is 0 Å². The number of nitrogens with zero attached hydrogens (tertiary/aromatic N) is 2. The van der Waals surface area contributed by atoms with Crippen LogP contribution in [-0.2, 0) is 27.8 Å². The Morgan fingerprint density at radius 2 is 1.92 bits per heavy atom. The number of hydrogen-bond donors (Lipinski definition) is 0. The van der Waals surface area contributed by atoms with Crippen LogP contribution in [-0.4, -0.2) is 48.8 Å². The SMILES string of the molecule is O=C(C1CC(F)CN1S(=O)(=O)c1cccs1)N1CCc2ccccc2C1. The molecule has 2 unspecified atom stereocenters. The molecule has 1 aromatic carbocycles. The minimum absolute atomic E-state index is 0.0818. The summed E-state index contributed by atoms with van der Waals surface area (Å²) in [5, 5.41) is 1.66. The third-order valence-electron chi connectivity index (χ3n) is 4.99. The van der Waals surface area contributed by atoms with Crippen molar-refractivity contribution in [2.75, 3.05) is 13.1 Å². The molecule has 0 bridgehead atoms. The van der Waals surface area contributed by atoms with Crippen molar-refractivity contribution in [3.05, 3.63) is 52.9 Å². The van der Waals surface area contributed by atoms with E-state index in [4.69, 9.17) is 0 Å². The van der Waals surface area contributed by atoms with Gasteiger partial charge in [0.25, 0.3) is 10.0 Å². The quantitative estimate of drug-likeness (QED) is 0.804. The van der Waals surface area contributed by atoms with Crippen molar-refractivity contribution in [1.82, 2.24) is 9.21 Å². The van der Waals surface area contributed by atoms with Crippen molar-refractivity contribution in [1.29, 1.82) is 0 Å². The molecule has 1 fully saturated rings. The van der Waals surface area contributed by atoms with Gasteiger partial charge < -0.3 is 4.90 Å². The van der Waals surface area contributed by atoms with Gasteiger partial charge in [0.05, 0.1) is 0 Å². The number of halogens is 1. The lowest BCUT2D eigenvalue weighted by atomic mass is 9.99. The smallest absolute Gasteiger partial charge is 0.253 e. The molecule has 3 heterocycles. The number of hydrogen-bond acceptors (Lipinski definition) is 4. The van der Waals surface area contributed by atoms with Gasteiger partial charge >= 0.3 is 0 Å². The highest BCUT2D eigenvalue weighted by Gasteiger charge is 2.46. The second-order valence-corrected chi connectivity index (χ2v) is 9.70. The summed E-state index contributed by atoms with van der Waals surface area (Å²) in [4.78, 5) is 14.7. The fraction of sp³-hybridized carbons (Fsp3) is 0.389. The summed E-state index contributed by atoms with van der Waals surface area (Å²) in [6, 6.07) is 10.1. The van der Waals surface area contributed by atoms with Crippen molar-refractivity contribution < 1.29 is 17.6 Å². The van der Waals surface area contributed by atoms with Gasteiger partial charge in [0.2, 0.25) is 5.91 Å². The van der Waals surface area contributed by atoms with Gasteiger partial charge in [0.15, 0.2) is 0 Å². The van der Waals surface area contributed by atoms with Crippen LogP contribution in [0.4, 0.5) is 4.39 Å². The Balaban J connectivity index is 1.59. The fourth-order valence-corrected chi connectivity index (χ4v) is 6.41. The molecule has 2 aliphatic rings. The summed E-state index contributed by atoms with van der Waals surface area (Å²) in [6.45, 7) is 0.701. The Kier molecular flexibility index (Phi) is 4.58. The number of thiophene rings is 1. The summed E-state index contributed by atoms with van der Waals surface area (Å²) in [5.74, 6) is -0.306. The van der Waals surface area contributed by atoms with E-state index in [1.165, 1.54) is 11.6 Å². The van der Waals surface area contributed by atoms with Gasteiger partial charge in [-0.05, 0) is 29.0 Å². The van der Waals surface area contributed by atoms with Crippen LogP contribution in [0, 0.1) is 0 Å². The van der Waals surface area contributed by atoms with E-state index >= 15 is 0 Å². The van der Waals surface area contributed by atoms with E-state index in [1.807, 2.05) is 24.3 Å². The first-order chi connectivity index (χ1) is 12.5. The van der Waals surface area contributed by atoms with Crippen molar-refractivity contribution in [2.24, 2.45) is 0 Å². The molecule has 1 saturated heterocycles. The predicted molar refractivity (Wildman–Crippen MR) is 97.1 cm³/mol. The lowest BCUT2D eigenvalue weighted by molar-refractivity contribution is -0.135. The number of sulfonamides is 1. The van der Waals surface area contributed by atoms with E-state index in [0.29, 0.717) is 13.1 Å². The molecule has 0 spiro atoms. The Morgan fingerprint density at radius 1 is 1.15 bits per heavy atom. The number of amides is 1. The number of carbonyl (C=O) groups is 1. The first-order valence-electron chi connectivity index (χ1n) is 8.52. The third-order valence-corrected chi connectivity index (χ3v) is 8.24. The van der Waals surface area contributed by atoms with Gasteiger partial charge in [0.1, 0.15) is 16.4 Å². The maximum atomic E-state index is 14.1. The van der Waals surface area contributed by atoms with Gasteiger partial charge in [-0.1, -0.05) is 30.3 Å². The summed E-state index contributed by atoms with van der Waals surface area (Å²) < 4.78 is 41.0. The van der Waals surface area contributed by atoms with E-state index in [2.05, 4.69) is 0 Å². The monoisotopic (exact) mass is 394 g/mol. The Hall–Kier alpha value is -1.77. The fourth-order valence-electron chi connectivity index (χ4n) is 3.67. The van der Waals surface area contributed by atoms with Crippen LogP contribution < -0.4 is 0 Å². The van der Waals surface area contributed by atoms with Crippen LogP contribution in [0.15, 0.2) is 46.0 Å². The van der Waals surface area contributed by atoms with E-state index in [9.17, 15) is 17.6 Å². The number of rotatable bonds is 3. The van der Waals surface area contributed by atoms with Crippen LogP contribution in [0.3, 0.4) is 0 Å². The molecule has 8 heteroatoms. The molecule has 0 aliphatic carbocycles. The molecule has 1 amide bonds. The van der Waals surface area contributed by atoms with Crippen molar-refractivity contribution in [3.63, 3.8) is 0 Å². The predicted octanol–water partition coefficient (Wildman–Crippen LogP) is 2.43. The van der Waals surface area contributed by atoms with Gasteiger partial charge in [0, 0.05) is 26.1 Å². The average Bonchev–Trinajstić information content (AvgIpc) is 3.31. The largest absolute Gasteiger partial charge is 0.337 e. The molecule has 138 valence electrons. The second-order valence-electron chi connectivity index (χ2n) is 6.63. The average molecular weight is 394 g/mol. The zero-order chi connectivity index (χ0) is 18.3. The second kappa shape index (κ2) is 6.75. The first kappa shape index (κ1) is 17.6. The summed E-state index contributed by atoms with van der Waals surface area (Å²) in [6.07, 6.45) is -0.678. The van der Waals surface area contributed by atoms with Gasteiger partial charge in [-0.25, -0.2) is 12.8 Å². The van der Waals surface area contributed by atoms with Crippen molar-refractivity contribution in [3.8, 4) is 0 Å². The van der Waals surface area contributed by atoms with E-state index in [-0.39, 0.29) is 23.1 Å². The third kappa shape index (κ3) is 3.06. The molecule has 4 rings (SSSR count). The van der Waals surface area contributed by atoms with E-state index in [1.54, 1.807) is 16.3 Å². The van der Waals surface area contributed by atoms with Crippen LogP contribution in [0.2, 0.25) is 0 Å². The normalized spacial score (nSPS) is 23.8. The van der Waals surface area contributed by atoms with Gasteiger partial charge in [-0.15, -0.1) is 11.3 Å². The minimum Gasteiger partial charge on any atom is -0.337 e. The molecule has 2 aromatic rings. The van der Waals surface area contributed by atoms with E-state index in [0.717, 1.165) is 27.6 Å². The Labute approximate surface area is 156 Å². The molecule has 5 nitrogen and oxygen atoms in total. The highest BCUT2D eigenvalue weighted by molar-refractivity contribution is 7.91. The summed E-state index contributed by atoms with van der Waals surface area (Å²) in [7, 11) is -3.86. The summed E-state index contributed by atoms with van der Waals surface area (Å²) >= 11 is 1.08. The highest BCUT2D eigenvalue weighted by Crippen LogP contribution is 2.32. The summed E-state index contributed by atoms with van der Waals surface area (Å²) in [5.41, 5.74) is 2.27. The number of alkyl halides is 1. The highest BCUT2D eigenvalue weighted by atomic mass is 32.2. The molecule has 0 radical (unpaired) electrons. The lowest BCUT2D eigenvalue weighted by Gasteiger charge is -2.33. The van der Waals surface area contributed by atoms with Crippen molar-refractivity contribution in [2.45, 2.75) is 35.8 Å². The molecule has 2 atom stereocenters. The molecule has 1 aromatic heterocycles. The molecule has 2 aliphatic heterocycles. The van der Waals surface area contributed by atoms with Crippen LogP contribution in [0.25, 0.3) is 0 Å². The van der Waals surface area contributed by atoms with Gasteiger partial charge in [-0.2, -0.15) is 4.31 Å². The Morgan fingerprint density at radius 3 is 2.65 bits per heavy atom. The minimum atomic E-state index is -3.86. The maximum Gasteiger partial charge on any atom is 0.253 e. The molecular formula is C18H19FN2O3S2. The lowest BCUT2D eigenvalue weighted by Crippen LogP contribution is -2.48. The number of carbonyl (C=O) groups excluding carboxylic acids is 1. The van der Waals surface area contributed by atoms with Crippen molar-refractivity contribution >= 4 is 27.3 Å². The van der Waals surface area contributed by atoms with Crippen LogP contribution >= 0.6 is 11.3 Å². The maximum absolute atomic E-state index is 14.1. The standard InChI is InChI=1S/C18H19FN2O3S2/c19-15-10-16(21(12-15)26(23,24)17-6-3-9-25-17)18(22)20-8-7-13-4-1-2-5-14(13)11-20/h1-6,9,15-16H,7-8,10-12H2. The molecular weight excluding hydrogens is 375 g/mol. The van der Waals surface area contributed by atoms with E-state index < -0.39 is 22.2 Å². The number of benzene rings is 1. The zero-order valence-electron chi connectivity index (χ0n) is 14.0. The zero-order valence-corrected chi connectivity index (χ0v) is 15.7. The van der Waals surface area contributed by atoms with Crippen LogP contribution in [0.1, 0.15) is 17.5 Å². The molecule has 26 heavy (non-hydrogen) atoms. The Bertz CT molecular complexity index is 914.